The third kappa shape index (κ3) is 5.12. The van der Waals surface area contributed by atoms with Crippen LogP contribution in [0.3, 0.4) is 0 Å². The third-order valence-electron chi connectivity index (χ3n) is 5.53. The lowest BCUT2D eigenvalue weighted by molar-refractivity contribution is -0.157. The highest BCUT2D eigenvalue weighted by Gasteiger charge is 2.30. The number of ether oxygens (including phenoxy) is 1. The zero-order valence-electron chi connectivity index (χ0n) is 13.4. The molecule has 0 aliphatic heterocycles. The normalized spacial score (nSPS) is 33.4. The highest BCUT2D eigenvalue weighted by molar-refractivity contribution is 5.72. The first-order valence-corrected chi connectivity index (χ1v) is 8.87. The van der Waals surface area contributed by atoms with Gasteiger partial charge in [0.15, 0.2) is 0 Å². The number of carbonyl (C=O) groups excluding carboxylic acids is 2. The predicted octanol–water partition coefficient (Wildman–Crippen LogP) is 4.28. The van der Waals surface area contributed by atoms with Crippen molar-refractivity contribution in [2.75, 3.05) is 0 Å². The molecule has 2 saturated carbocycles. The average molecular weight is 294 g/mol. The molecule has 2 rings (SSSR count). The molecule has 21 heavy (non-hydrogen) atoms. The lowest BCUT2D eigenvalue weighted by Gasteiger charge is -2.31. The van der Waals surface area contributed by atoms with Crippen LogP contribution in [-0.2, 0) is 14.3 Å². The molecule has 2 aliphatic carbocycles. The standard InChI is InChI=1S/C18H30O3/c1-2-14-5-9-16(10-6-14)18(20)21-17-11-7-15(8-12-17)4-3-13-19/h13-17H,2-12H2,1H3/t14-,15-,16-,17-. The molecule has 0 bridgehead atoms. The summed E-state index contributed by atoms with van der Waals surface area (Å²) < 4.78 is 5.74. The van der Waals surface area contributed by atoms with Gasteiger partial charge >= 0.3 is 5.97 Å². The van der Waals surface area contributed by atoms with E-state index in [4.69, 9.17) is 4.74 Å². The maximum absolute atomic E-state index is 12.2. The molecule has 0 amide bonds. The van der Waals surface area contributed by atoms with Crippen molar-refractivity contribution < 1.29 is 14.3 Å². The maximum atomic E-state index is 12.2. The lowest BCUT2D eigenvalue weighted by Crippen LogP contribution is -2.30. The molecule has 0 N–H and O–H groups in total. The van der Waals surface area contributed by atoms with Gasteiger partial charge in [-0.1, -0.05) is 13.3 Å². The number of hydrogen-bond acceptors (Lipinski definition) is 3. The van der Waals surface area contributed by atoms with Crippen LogP contribution in [0.15, 0.2) is 0 Å². The summed E-state index contributed by atoms with van der Waals surface area (Å²) in [7, 11) is 0. The van der Waals surface area contributed by atoms with Crippen molar-refractivity contribution >= 4 is 12.3 Å². The van der Waals surface area contributed by atoms with E-state index in [1.165, 1.54) is 19.3 Å². The minimum Gasteiger partial charge on any atom is -0.462 e. The van der Waals surface area contributed by atoms with Gasteiger partial charge in [0.05, 0.1) is 5.92 Å². The molecule has 2 aliphatic rings. The second-order valence-corrected chi connectivity index (χ2v) is 6.95. The Morgan fingerprint density at radius 2 is 1.62 bits per heavy atom. The summed E-state index contributed by atoms with van der Waals surface area (Å²) in [5, 5.41) is 0. The van der Waals surface area contributed by atoms with E-state index in [1.54, 1.807) is 0 Å². The van der Waals surface area contributed by atoms with Gasteiger partial charge in [-0.3, -0.25) is 4.79 Å². The number of hydrogen-bond donors (Lipinski definition) is 0. The Morgan fingerprint density at radius 1 is 1.00 bits per heavy atom. The molecule has 2 fully saturated rings. The highest BCUT2D eigenvalue weighted by atomic mass is 16.5. The summed E-state index contributed by atoms with van der Waals surface area (Å²) in [6, 6.07) is 0. The van der Waals surface area contributed by atoms with Crippen molar-refractivity contribution in [3.05, 3.63) is 0 Å². The largest absolute Gasteiger partial charge is 0.462 e. The first-order valence-electron chi connectivity index (χ1n) is 8.87. The minimum atomic E-state index is 0.0564. The van der Waals surface area contributed by atoms with Crippen LogP contribution in [0.2, 0.25) is 0 Å². The Kier molecular flexibility index (Phi) is 6.72. The van der Waals surface area contributed by atoms with Crippen LogP contribution < -0.4 is 0 Å². The molecule has 0 spiro atoms. The van der Waals surface area contributed by atoms with E-state index in [-0.39, 0.29) is 18.0 Å². The van der Waals surface area contributed by atoms with E-state index in [2.05, 4.69) is 6.92 Å². The van der Waals surface area contributed by atoms with Crippen molar-refractivity contribution in [2.45, 2.75) is 83.7 Å². The first kappa shape index (κ1) is 16.5. The summed E-state index contributed by atoms with van der Waals surface area (Å²) in [6.07, 6.45) is 12.7. The van der Waals surface area contributed by atoms with Gasteiger partial charge in [0.2, 0.25) is 0 Å². The fourth-order valence-corrected chi connectivity index (χ4v) is 3.91. The second-order valence-electron chi connectivity index (χ2n) is 6.95. The molecule has 3 heteroatoms. The van der Waals surface area contributed by atoms with Crippen LogP contribution >= 0.6 is 0 Å². The average Bonchev–Trinajstić information content (AvgIpc) is 2.54. The second kappa shape index (κ2) is 8.55. The fourth-order valence-electron chi connectivity index (χ4n) is 3.91. The third-order valence-corrected chi connectivity index (χ3v) is 5.53. The molecule has 0 aromatic rings. The Bertz CT molecular complexity index is 323. The summed E-state index contributed by atoms with van der Waals surface area (Å²) in [5.74, 6) is 1.69. The van der Waals surface area contributed by atoms with E-state index in [0.717, 1.165) is 57.1 Å². The molecule has 0 atom stereocenters. The van der Waals surface area contributed by atoms with Gasteiger partial charge in [-0.15, -0.1) is 0 Å². The van der Waals surface area contributed by atoms with E-state index >= 15 is 0 Å². The molecule has 0 saturated heterocycles. The summed E-state index contributed by atoms with van der Waals surface area (Å²) in [6.45, 7) is 2.24. The van der Waals surface area contributed by atoms with E-state index in [0.29, 0.717) is 12.3 Å². The smallest absolute Gasteiger partial charge is 0.309 e. The summed E-state index contributed by atoms with van der Waals surface area (Å²) >= 11 is 0. The van der Waals surface area contributed by atoms with E-state index < -0.39 is 0 Å². The van der Waals surface area contributed by atoms with Gasteiger partial charge in [-0.25, -0.2) is 0 Å². The fraction of sp³-hybridized carbons (Fsp3) is 0.889. The van der Waals surface area contributed by atoms with Gasteiger partial charge in [-0.2, -0.15) is 0 Å². The zero-order chi connectivity index (χ0) is 15.1. The van der Waals surface area contributed by atoms with E-state index in [9.17, 15) is 9.59 Å². The predicted molar refractivity (Wildman–Crippen MR) is 82.9 cm³/mol. The van der Waals surface area contributed by atoms with Crippen molar-refractivity contribution in [1.29, 1.82) is 0 Å². The van der Waals surface area contributed by atoms with Crippen LogP contribution in [0, 0.1) is 17.8 Å². The first-order chi connectivity index (χ1) is 10.2. The molecule has 0 radical (unpaired) electrons. The van der Waals surface area contributed by atoms with Crippen molar-refractivity contribution in [2.24, 2.45) is 17.8 Å². The molecular formula is C18H30O3. The molecule has 3 nitrogen and oxygen atoms in total. The molecular weight excluding hydrogens is 264 g/mol. The zero-order valence-corrected chi connectivity index (χ0v) is 13.4. The van der Waals surface area contributed by atoms with Crippen LogP contribution in [-0.4, -0.2) is 18.4 Å². The molecule has 0 unspecified atom stereocenters. The lowest BCUT2D eigenvalue weighted by atomic mass is 9.80. The van der Waals surface area contributed by atoms with Gasteiger partial charge in [0.25, 0.3) is 0 Å². The van der Waals surface area contributed by atoms with Crippen LogP contribution in [0.4, 0.5) is 0 Å². The van der Waals surface area contributed by atoms with Crippen LogP contribution in [0.25, 0.3) is 0 Å². The number of esters is 1. The molecule has 0 aromatic carbocycles. The quantitative estimate of drug-likeness (QED) is 0.542. The molecule has 120 valence electrons. The molecule has 0 heterocycles. The van der Waals surface area contributed by atoms with Gasteiger partial charge in [0.1, 0.15) is 12.4 Å². The topological polar surface area (TPSA) is 43.4 Å². The Hall–Kier alpha value is -0.860. The molecule has 0 aromatic heterocycles. The van der Waals surface area contributed by atoms with Crippen LogP contribution in [0.5, 0.6) is 0 Å². The van der Waals surface area contributed by atoms with Crippen molar-refractivity contribution in [3.8, 4) is 0 Å². The minimum absolute atomic E-state index is 0.0564. The number of carbonyl (C=O) groups is 2. The van der Waals surface area contributed by atoms with Crippen LogP contribution in [0.1, 0.15) is 77.6 Å². The maximum Gasteiger partial charge on any atom is 0.309 e. The Labute approximate surface area is 128 Å². The van der Waals surface area contributed by atoms with Crippen molar-refractivity contribution in [1.82, 2.24) is 0 Å². The Morgan fingerprint density at radius 3 is 2.19 bits per heavy atom. The number of rotatable bonds is 6. The monoisotopic (exact) mass is 294 g/mol. The SMILES string of the molecule is CC[C@H]1CC[C@H](C(=O)O[C@H]2CC[C@H](CCC=O)CC2)CC1. The summed E-state index contributed by atoms with van der Waals surface area (Å²) in [5.41, 5.74) is 0. The Balaban J connectivity index is 1.66. The van der Waals surface area contributed by atoms with Gasteiger partial charge < -0.3 is 9.53 Å². The van der Waals surface area contributed by atoms with Crippen molar-refractivity contribution in [3.63, 3.8) is 0 Å². The van der Waals surface area contributed by atoms with Gasteiger partial charge in [0, 0.05) is 6.42 Å². The van der Waals surface area contributed by atoms with E-state index in [1.807, 2.05) is 0 Å². The van der Waals surface area contributed by atoms with Gasteiger partial charge in [-0.05, 0) is 69.6 Å². The highest BCUT2D eigenvalue weighted by Crippen LogP contribution is 2.33. The summed E-state index contributed by atoms with van der Waals surface area (Å²) in [4.78, 5) is 22.7. The number of aldehydes is 1.